The number of hydrogen-bond acceptors (Lipinski definition) is 6. The van der Waals surface area contributed by atoms with E-state index >= 15 is 0 Å². The second-order valence-corrected chi connectivity index (χ2v) is 6.41. The van der Waals surface area contributed by atoms with Crippen LogP contribution in [0.2, 0.25) is 0 Å². The summed E-state index contributed by atoms with van der Waals surface area (Å²) in [5.41, 5.74) is 1.26. The van der Waals surface area contributed by atoms with Gasteiger partial charge in [0.1, 0.15) is 23.4 Å². The minimum absolute atomic E-state index is 0.0389. The van der Waals surface area contributed by atoms with E-state index in [-0.39, 0.29) is 11.8 Å². The number of nitro benzene ring substituents is 1. The number of hydrogen-bond donors (Lipinski definition) is 1. The molecule has 0 radical (unpaired) electrons. The SMILES string of the molecule is COc1ccc2c(c1)OC(CNCCCOc1cccc([N+](=O)[O-])c1)CC2. The van der Waals surface area contributed by atoms with E-state index in [4.69, 9.17) is 14.2 Å². The fourth-order valence-corrected chi connectivity index (χ4v) is 3.01. The normalized spacial score (nSPS) is 15.5. The van der Waals surface area contributed by atoms with Gasteiger partial charge in [-0.25, -0.2) is 0 Å². The number of methoxy groups -OCH3 is 1. The smallest absolute Gasteiger partial charge is 0.273 e. The first-order valence-electron chi connectivity index (χ1n) is 9.07. The maximum Gasteiger partial charge on any atom is 0.273 e. The molecule has 0 fully saturated rings. The average molecular weight is 372 g/mol. The first-order chi connectivity index (χ1) is 13.2. The minimum Gasteiger partial charge on any atom is -0.497 e. The molecule has 1 unspecified atom stereocenters. The zero-order chi connectivity index (χ0) is 19.1. The van der Waals surface area contributed by atoms with Crippen LogP contribution in [-0.4, -0.2) is 37.8 Å². The van der Waals surface area contributed by atoms with Crippen molar-refractivity contribution in [3.8, 4) is 17.2 Å². The highest BCUT2D eigenvalue weighted by atomic mass is 16.6. The van der Waals surface area contributed by atoms with Crippen molar-refractivity contribution < 1.29 is 19.1 Å². The molecule has 0 aromatic heterocycles. The number of ether oxygens (including phenoxy) is 3. The highest BCUT2D eigenvalue weighted by Gasteiger charge is 2.19. The van der Waals surface area contributed by atoms with Gasteiger partial charge in [0.15, 0.2) is 0 Å². The van der Waals surface area contributed by atoms with Crippen LogP contribution in [0.15, 0.2) is 42.5 Å². The summed E-state index contributed by atoms with van der Waals surface area (Å²) in [4.78, 5) is 10.3. The number of aryl methyl sites for hydroxylation is 1. The first kappa shape index (κ1) is 19.0. The van der Waals surface area contributed by atoms with Crippen molar-refractivity contribution in [2.75, 3.05) is 26.8 Å². The molecule has 0 amide bonds. The highest BCUT2D eigenvalue weighted by molar-refractivity contribution is 5.42. The fourth-order valence-electron chi connectivity index (χ4n) is 3.01. The van der Waals surface area contributed by atoms with Gasteiger partial charge in [-0.2, -0.15) is 0 Å². The standard InChI is InChI=1S/C20H24N2O5/c1-25-17-8-6-15-7-9-19(27-20(15)13-17)14-21-10-3-11-26-18-5-2-4-16(12-18)22(23)24/h2,4-6,8,12-13,19,21H,3,7,9-11,14H2,1H3. The van der Waals surface area contributed by atoms with Gasteiger partial charge in [0.25, 0.3) is 5.69 Å². The molecular formula is C20H24N2O5. The van der Waals surface area contributed by atoms with Crippen molar-refractivity contribution >= 4 is 5.69 Å². The van der Waals surface area contributed by atoms with Crippen molar-refractivity contribution in [1.29, 1.82) is 0 Å². The van der Waals surface area contributed by atoms with Crippen LogP contribution in [0.5, 0.6) is 17.2 Å². The molecule has 1 aliphatic rings. The number of fused-ring (bicyclic) bond motifs is 1. The molecule has 1 heterocycles. The maximum atomic E-state index is 10.8. The van der Waals surface area contributed by atoms with E-state index < -0.39 is 4.92 Å². The molecule has 27 heavy (non-hydrogen) atoms. The van der Waals surface area contributed by atoms with E-state index in [1.54, 1.807) is 19.2 Å². The summed E-state index contributed by atoms with van der Waals surface area (Å²) in [6.45, 7) is 2.06. The molecule has 2 aromatic carbocycles. The molecule has 7 nitrogen and oxygen atoms in total. The van der Waals surface area contributed by atoms with Gasteiger partial charge < -0.3 is 19.5 Å². The lowest BCUT2D eigenvalue weighted by Gasteiger charge is -2.26. The van der Waals surface area contributed by atoms with Crippen LogP contribution >= 0.6 is 0 Å². The van der Waals surface area contributed by atoms with Gasteiger partial charge >= 0.3 is 0 Å². The molecule has 0 aliphatic carbocycles. The number of rotatable bonds is 9. The molecular weight excluding hydrogens is 348 g/mol. The molecule has 3 rings (SSSR count). The van der Waals surface area contributed by atoms with E-state index in [0.717, 1.165) is 43.9 Å². The molecule has 144 valence electrons. The van der Waals surface area contributed by atoms with Crippen LogP contribution in [0.3, 0.4) is 0 Å². The van der Waals surface area contributed by atoms with Gasteiger partial charge in [-0.15, -0.1) is 0 Å². The molecule has 1 atom stereocenters. The third-order valence-corrected chi connectivity index (χ3v) is 4.47. The van der Waals surface area contributed by atoms with Gasteiger partial charge in [0, 0.05) is 18.7 Å². The van der Waals surface area contributed by atoms with Crippen molar-refractivity contribution in [2.24, 2.45) is 0 Å². The Bertz CT molecular complexity index is 781. The molecule has 1 aliphatic heterocycles. The second kappa shape index (κ2) is 9.23. The molecule has 0 spiro atoms. The summed E-state index contributed by atoms with van der Waals surface area (Å²) >= 11 is 0. The lowest BCUT2D eigenvalue weighted by molar-refractivity contribution is -0.384. The van der Waals surface area contributed by atoms with Crippen LogP contribution in [0.1, 0.15) is 18.4 Å². The molecule has 2 aromatic rings. The summed E-state index contributed by atoms with van der Waals surface area (Å²) < 4.78 is 16.9. The van der Waals surface area contributed by atoms with Gasteiger partial charge in [-0.3, -0.25) is 10.1 Å². The number of non-ortho nitro benzene ring substituents is 1. The second-order valence-electron chi connectivity index (χ2n) is 6.41. The largest absolute Gasteiger partial charge is 0.497 e. The van der Waals surface area contributed by atoms with Crippen LogP contribution in [0.4, 0.5) is 5.69 Å². The Kier molecular flexibility index (Phi) is 6.49. The molecule has 0 saturated carbocycles. The average Bonchev–Trinajstić information content (AvgIpc) is 2.70. The molecule has 0 bridgehead atoms. The lowest BCUT2D eigenvalue weighted by atomic mass is 10.0. The third-order valence-electron chi connectivity index (χ3n) is 4.47. The van der Waals surface area contributed by atoms with E-state index in [1.807, 2.05) is 12.1 Å². The van der Waals surface area contributed by atoms with Crippen molar-refractivity contribution in [3.05, 3.63) is 58.1 Å². The Morgan fingerprint density at radius 1 is 1.26 bits per heavy atom. The van der Waals surface area contributed by atoms with Crippen LogP contribution < -0.4 is 19.5 Å². The Balaban J connectivity index is 1.35. The zero-order valence-corrected chi connectivity index (χ0v) is 15.3. The number of nitrogens with one attached hydrogen (secondary N) is 1. The molecule has 7 heteroatoms. The highest BCUT2D eigenvalue weighted by Crippen LogP contribution is 2.31. The molecule has 0 saturated heterocycles. The summed E-state index contributed by atoms with van der Waals surface area (Å²) in [6.07, 6.45) is 2.93. The lowest BCUT2D eigenvalue weighted by Crippen LogP contribution is -2.35. The number of benzene rings is 2. The predicted molar refractivity (Wildman–Crippen MR) is 102 cm³/mol. The fraction of sp³-hybridized carbons (Fsp3) is 0.400. The van der Waals surface area contributed by atoms with Crippen LogP contribution in [0.25, 0.3) is 0 Å². The van der Waals surface area contributed by atoms with Gasteiger partial charge in [-0.05, 0) is 43.5 Å². The Hall–Kier alpha value is -2.80. The summed E-state index contributed by atoms with van der Waals surface area (Å²) in [7, 11) is 1.65. The van der Waals surface area contributed by atoms with Gasteiger partial charge in [-0.1, -0.05) is 12.1 Å². The predicted octanol–water partition coefficient (Wildman–Crippen LogP) is 3.36. The van der Waals surface area contributed by atoms with E-state index in [2.05, 4.69) is 11.4 Å². The maximum absolute atomic E-state index is 10.8. The van der Waals surface area contributed by atoms with Gasteiger partial charge in [0.05, 0.1) is 24.7 Å². The van der Waals surface area contributed by atoms with E-state index in [9.17, 15) is 10.1 Å². The topological polar surface area (TPSA) is 82.9 Å². The first-order valence-corrected chi connectivity index (χ1v) is 9.07. The van der Waals surface area contributed by atoms with Crippen molar-refractivity contribution in [3.63, 3.8) is 0 Å². The molecule has 1 N–H and O–H groups in total. The van der Waals surface area contributed by atoms with Crippen molar-refractivity contribution in [2.45, 2.75) is 25.4 Å². The van der Waals surface area contributed by atoms with Crippen molar-refractivity contribution in [1.82, 2.24) is 5.32 Å². The minimum atomic E-state index is -0.424. The zero-order valence-electron chi connectivity index (χ0n) is 15.3. The van der Waals surface area contributed by atoms with E-state index in [1.165, 1.54) is 17.7 Å². The number of nitro groups is 1. The summed E-state index contributed by atoms with van der Waals surface area (Å²) in [5.74, 6) is 2.23. The van der Waals surface area contributed by atoms with Crippen LogP contribution in [-0.2, 0) is 6.42 Å². The van der Waals surface area contributed by atoms with Crippen LogP contribution in [0, 0.1) is 10.1 Å². The Labute approximate surface area is 158 Å². The number of nitrogens with zero attached hydrogens (tertiary/aromatic N) is 1. The Morgan fingerprint density at radius 2 is 2.15 bits per heavy atom. The Morgan fingerprint density at radius 3 is 2.96 bits per heavy atom. The van der Waals surface area contributed by atoms with Gasteiger partial charge in [0.2, 0.25) is 0 Å². The summed E-state index contributed by atoms with van der Waals surface area (Å²) in [5, 5.41) is 14.1. The monoisotopic (exact) mass is 372 g/mol. The quantitative estimate of drug-likeness (QED) is 0.413. The third kappa shape index (κ3) is 5.34. The van der Waals surface area contributed by atoms with E-state index in [0.29, 0.717) is 12.4 Å². The summed E-state index contributed by atoms with van der Waals surface area (Å²) in [6, 6.07) is 12.2.